The van der Waals surface area contributed by atoms with Crippen LogP contribution >= 0.6 is 9.42 Å². The van der Waals surface area contributed by atoms with Gasteiger partial charge in [-0.1, -0.05) is 44.3 Å². The van der Waals surface area contributed by atoms with Crippen LogP contribution in [0.25, 0.3) is 16.0 Å². The molecule has 3 heterocycles. The summed E-state index contributed by atoms with van der Waals surface area (Å²) in [7, 11) is 4.61. The fourth-order valence-electron chi connectivity index (χ4n) is 2.51. The summed E-state index contributed by atoms with van der Waals surface area (Å²) in [6.07, 6.45) is 11.7. The molecule has 2 unspecified atom stereocenters. The number of rotatable bonds is 2. The standard InChI is InChI=1S/C10H14N2.C5H8NO2.ClH.Pt/c1-3-7-11-9(5-1)10-6-2-4-8-12-10;7-5(8)4-2-1-3-6-4;;/h1,3,5,10H,2,4,6-8H2;4H,1-3H2,(H,7,8);1H;/q-2;-1;;+1/p-1. The van der Waals surface area contributed by atoms with Crippen LogP contribution in [0, 0.1) is 0 Å². The van der Waals surface area contributed by atoms with Crippen LogP contribution in [0.1, 0.15) is 32.1 Å². The van der Waals surface area contributed by atoms with Crippen LogP contribution in [0.4, 0.5) is 0 Å². The molecule has 0 spiro atoms. The van der Waals surface area contributed by atoms with Crippen LogP contribution in [0.2, 0.25) is 0 Å². The maximum atomic E-state index is 10.1. The number of carbonyl (C=O) groups is 1. The Morgan fingerprint density at radius 2 is 1.95 bits per heavy atom. The average Bonchev–Trinajstić information content (AvgIpc) is 3.14. The van der Waals surface area contributed by atoms with Crippen LogP contribution in [0.5, 0.6) is 0 Å². The van der Waals surface area contributed by atoms with Crippen LogP contribution in [-0.2, 0) is 23.6 Å². The molecule has 0 aromatic rings. The van der Waals surface area contributed by atoms with E-state index in [2.05, 4.69) is 43.6 Å². The second-order valence-electron chi connectivity index (χ2n) is 5.18. The normalized spacial score (nSPS) is 26.6. The number of hydrogen-bond donors (Lipinski definition) is 1. The first-order valence-corrected chi connectivity index (χ1v) is 10.3. The molecule has 0 aromatic carbocycles. The molecule has 0 radical (unpaired) electrons. The third-order valence-corrected chi connectivity index (χ3v) is 3.63. The minimum atomic E-state index is -0.775. The molecule has 2 fully saturated rings. The molecule has 3 rings (SSSR count). The van der Waals surface area contributed by atoms with Gasteiger partial charge in [-0.05, 0) is 6.04 Å². The van der Waals surface area contributed by atoms with E-state index < -0.39 is 12.0 Å². The first kappa shape index (κ1) is 19.7. The van der Waals surface area contributed by atoms with E-state index in [0.29, 0.717) is 6.04 Å². The van der Waals surface area contributed by atoms with E-state index in [0.717, 1.165) is 32.5 Å². The summed E-state index contributed by atoms with van der Waals surface area (Å²) >= 11 is 1.61. The van der Waals surface area contributed by atoms with Crippen molar-refractivity contribution >= 4 is 15.4 Å². The van der Waals surface area contributed by atoms with E-state index in [4.69, 9.17) is 5.11 Å². The molecule has 3 aliphatic heterocycles. The number of carboxylic acids is 1. The molecular formula is C15H22ClN3O2Pt-3. The first-order valence-electron chi connectivity index (χ1n) is 7.49. The fraction of sp³-hybridized carbons (Fsp3) is 0.667. The molecule has 5 nitrogen and oxygen atoms in total. The quantitative estimate of drug-likeness (QED) is 0.613. The Labute approximate surface area is 147 Å². The Hall–Kier alpha value is -0.352. The summed E-state index contributed by atoms with van der Waals surface area (Å²) in [5, 5.41) is 21.1. The van der Waals surface area contributed by atoms with Gasteiger partial charge in [0.2, 0.25) is 0 Å². The van der Waals surface area contributed by atoms with Crippen molar-refractivity contribution < 1.29 is 28.7 Å². The van der Waals surface area contributed by atoms with E-state index in [9.17, 15) is 4.79 Å². The van der Waals surface area contributed by atoms with E-state index in [1.54, 1.807) is 18.8 Å². The number of allylic oxidation sites excluding steroid dienone is 2. The van der Waals surface area contributed by atoms with Gasteiger partial charge in [-0.25, -0.2) is 0 Å². The Morgan fingerprint density at radius 3 is 2.41 bits per heavy atom. The van der Waals surface area contributed by atoms with Gasteiger partial charge in [0.1, 0.15) is 0 Å². The summed E-state index contributed by atoms with van der Waals surface area (Å²) in [4.78, 5) is 10.1. The Kier molecular flexibility index (Phi) is 10.8. The number of carboxylic acid groups (broad SMARTS) is 1. The van der Waals surface area contributed by atoms with Crippen molar-refractivity contribution in [2.24, 2.45) is 0 Å². The van der Waals surface area contributed by atoms with Gasteiger partial charge in [-0.3, -0.25) is 4.79 Å². The summed E-state index contributed by atoms with van der Waals surface area (Å²) in [6, 6.07) is 0.0127. The van der Waals surface area contributed by atoms with Crippen molar-refractivity contribution in [2.45, 2.75) is 44.2 Å². The number of hydrogen-bond acceptors (Lipinski definition) is 1. The molecule has 22 heavy (non-hydrogen) atoms. The molecule has 7 heteroatoms. The number of aliphatic carboxylic acids is 1. The first-order chi connectivity index (χ1) is 10.8. The summed E-state index contributed by atoms with van der Waals surface area (Å²) in [6.45, 7) is 2.61. The van der Waals surface area contributed by atoms with Gasteiger partial charge >= 0.3 is 28.2 Å². The second kappa shape index (κ2) is 12.1. The minimum absolute atomic E-state index is 0.394. The van der Waals surface area contributed by atoms with Gasteiger partial charge in [0.15, 0.2) is 0 Å². The zero-order valence-electron chi connectivity index (χ0n) is 12.4. The van der Waals surface area contributed by atoms with Crippen LogP contribution in [0.3, 0.4) is 0 Å². The molecule has 0 saturated carbocycles. The van der Waals surface area contributed by atoms with Crippen molar-refractivity contribution in [3.63, 3.8) is 0 Å². The topological polar surface area (TPSA) is 79.6 Å². The Balaban J connectivity index is 0.000000211. The zero-order chi connectivity index (χ0) is 16.2. The van der Waals surface area contributed by atoms with E-state index in [1.807, 2.05) is 0 Å². The maximum absolute atomic E-state index is 10.1. The molecule has 0 bridgehead atoms. The van der Waals surface area contributed by atoms with Crippen LogP contribution in [-0.4, -0.2) is 42.8 Å². The fourth-order valence-corrected chi connectivity index (χ4v) is 2.51. The summed E-state index contributed by atoms with van der Waals surface area (Å²) < 4.78 is 0. The summed E-state index contributed by atoms with van der Waals surface area (Å²) in [5.74, 6) is -0.775. The van der Waals surface area contributed by atoms with Crippen LogP contribution < -0.4 is 0 Å². The van der Waals surface area contributed by atoms with Crippen molar-refractivity contribution in [3.05, 3.63) is 39.9 Å². The predicted octanol–water partition coefficient (Wildman–Crippen LogP) is 4.03. The van der Waals surface area contributed by atoms with E-state index in [-0.39, 0.29) is 0 Å². The molecule has 0 aliphatic carbocycles. The van der Waals surface area contributed by atoms with E-state index in [1.165, 1.54) is 25.0 Å². The monoisotopic (exact) mass is 506 g/mol. The van der Waals surface area contributed by atoms with Gasteiger partial charge in [0, 0.05) is 0 Å². The summed E-state index contributed by atoms with van der Waals surface area (Å²) in [5.41, 5.74) is 1.19. The SMILES string of the molecule is C1=CC[N-]C(C2CCCC[N-]2)=C1.O=C(O)C1CCC[N-]1.[Cl][Pt]. The van der Waals surface area contributed by atoms with Gasteiger partial charge in [0.05, 0.1) is 0 Å². The molecular weight excluding hydrogens is 485 g/mol. The van der Waals surface area contributed by atoms with Gasteiger partial charge in [-0.15, -0.1) is 31.8 Å². The van der Waals surface area contributed by atoms with Crippen molar-refractivity contribution in [2.75, 3.05) is 19.6 Å². The molecule has 0 aromatic heterocycles. The van der Waals surface area contributed by atoms with Gasteiger partial charge in [-0.2, -0.15) is 5.70 Å². The molecule has 2 saturated heterocycles. The van der Waals surface area contributed by atoms with Crippen LogP contribution in [0.15, 0.2) is 23.9 Å². The predicted molar refractivity (Wildman–Crippen MR) is 86.1 cm³/mol. The zero-order valence-corrected chi connectivity index (χ0v) is 15.5. The van der Waals surface area contributed by atoms with E-state index >= 15 is 0 Å². The molecule has 129 valence electrons. The third kappa shape index (κ3) is 7.27. The third-order valence-electron chi connectivity index (χ3n) is 3.63. The Morgan fingerprint density at radius 1 is 1.18 bits per heavy atom. The van der Waals surface area contributed by atoms with Gasteiger partial charge in [0.25, 0.3) is 5.97 Å². The second-order valence-corrected chi connectivity index (χ2v) is 5.18. The molecule has 1 N–H and O–H groups in total. The molecule has 0 amide bonds. The van der Waals surface area contributed by atoms with Crippen molar-refractivity contribution in [1.82, 2.24) is 0 Å². The average molecular weight is 507 g/mol. The number of nitrogens with zero attached hydrogens (tertiary/aromatic N) is 3. The number of piperidine rings is 1. The Bertz CT molecular complexity index is 379. The van der Waals surface area contributed by atoms with Gasteiger partial charge < -0.3 is 21.1 Å². The van der Waals surface area contributed by atoms with Crippen molar-refractivity contribution in [1.29, 1.82) is 0 Å². The number of halogens is 1. The molecule has 2 atom stereocenters. The van der Waals surface area contributed by atoms with Crippen molar-refractivity contribution in [3.8, 4) is 0 Å². The molecule has 3 aliphatic rings.